The summed E-state index contributed by atoms with van der Waals surface area (Å²) in [6.45, 7) is 50.2. The number of esters is 2. The Hall–Kier alpha value is -13.2. The Labute approximate surface area is 841 Å². The van der Waals surface area contributed by atoms with Gasteiger partial charge in [-0.3, -0.25) is 9.59 Å². The summed E-state index contributed by atoms with van der Waals surface area (Å²) in [6, 6.07) is 54.3. The van der Waals surface area contributed by atoms with Crippen molar-refractivity contribution < 1.29 is 75.2 Å². The van der Waals surface area contributed by atoms with E-state index < -0.39 is 23.8 Å². The molecule has 0 unspecified atom stereocenters. The lowest BCUT2D eigenvalue weighted by atomic mass is 9.97. The smallest absolute Gasteiger partial charge is 0.306 e. The van der Waals surface area contributed by atoms with Crippen molar-refractivity contribution >= 4 is 80.2 Å². The van der Waals surface area contributed by atoms with Crippen LogP contribution in [-0.2, 0) is 38.0 Å². The zero-order valence-electron chi connectivity index (χ0n) is 80.6. The molecule has 0 atom stereocenters. The number of hydrogen-bond donors (Lipinski definition) is 0. The molecule has 0 N–H and O–H groups in total. The Morgan fingerprint density at radius 2 is 0.440 bits per heavy atom. The summed E-state index contributed by atoms with van der Waals surface area (Å²) < 4.78 is 126. The second-order valence-electron chi connectivity index (χ2n) is 32.8. The number of ether oxygens (including phenoxy) is 12. The molecule has 0 aliphatic carbocycles. The van der Waals surface area contributed by atoms with Crippen LogP contribution in [0.5, 0.6) is 34.5 Å². The Morgan fingerprint density at radius 3 is 0.660 bits per heavy atom. The SMILES string of the molecule is C=CC(C=C)OC(=O)CCCCCOc1ccc(-c2ccc(-c3ccc(OCCCCCC(=O)OC(C=C)C=C)cc3)c3nsnc23)cc1.C=CC(C=C)OCCCCCOc1ccc(-c2ccc(-c3ccc(OCCCCCOC(C=C)C=C)c(F)c3)c3nsnc23)cc1F.C=CC(C=C)OCCCCCOc1ccc(-c2ccc(-c3ccc(OCCCCCOC(C=C)C=C)cc3)c3nsnc23)cc1. The van der Waals surface area contributed by atoms with Gasteiger partial charge in [-0.1, -0.05) is 172 Å². The fourth-order valence-corrected chi connectivity index (χ4v) is 16.6. The lowest BCUT2D eigenvalue weighted by Gasteiger charge is -2.12. The third-order valence-electron chi connectivity index (χ3n) is 22.8. The normalized spacial score (nSPS) is 11.1. The third-order valence-corrected chi connectivity index (χ3v) is 24.3. The van der Waals surface area contributed by atoms with Gasteiger partial charge >= 0.3 is 11.9 Å². The second-order valence-corrected chi connectivity index (χ2v) is 34.4. The topological polar surface area (TPSA) is 222 Å². The highest BCUT2D eigenvalue weighted by Crippen LogP contribution is 2.41. The first-order valence-electron chi connectivity index (χ1n) is 48.0. The fraction of sp³-hybridized carbons (Fsp3) is 0.310. The minimum atomic E-state index is -0.453. The van der Waals surface area contributed by atoms with Gasteiger partial charge in [0.15, 0.2) is 23.1 Å². The summed E-state index contributed by atoms with van der Waals surface area (Å²) in [5.74, 6) is 2.31. The minimum absolute atomic E-state index is 0.0734. The van der Waals surface area contributed by atoms with Gasteiger partial charge in [0.05, 0.1) is 99.2 Å². The maximum absolute atomic E-state index is 15.0. The maximum Gasteiger partial charge on any atom is 0.306 e. The van der Waals surface area contributed by atoms with Crippen LogP contribution in [-0.4, -0.2) is 141 Å². The van der Waals surface area contributed by atoms with Crippen molar-refractivity contribution in [2.24, 2.45) is 0 Å². The number of unbranched alkanes of at least 4 members (excludes halogenated alkanes) is 12. The summed E-state index contributed by atoms with van der Waals surface area (Å²) in [5, 5.41) is 0. The monoisotopic (exact) mass is 1960 g/mol. The Balaban J connectivity index is 0.000000218. The van der Waals surface area contributed by atoms with Crippen molar-refractivity contribution in [3.8, 4) is 101 Å². The van der Waals surface area contributed by atoms with Crippen LogP contribution in [0, 0.1) is 11.6 Å². The van der Waals surface area contributed by atoms with E-state index in [-0.39, 0.29) is 47.9 Å². The third kappa shape index (κ3) is 35.5. The van der Waals surface area contributed by atoms with E-state index in [9.17, 15) is 9.59 Å². The van der Waals surface area contributed by atoms with Gasteiger partial charge < -0.3 is 56.8 Å². The van der Waals surface area contributed by atoms with Gasteiger partial charge in [-0.15, -0.1) is 52.6 Å². The number of halogens is 2. The largest absolute Gasteiger partial charge is 0.494 e. The summed E-state index contributed by atoms with van der Waals surface area (Å²) >= 11 is 3.49. The molecule has 141 heavy (non-hydrogen) atoms. The molecule has 20 nitrogen and oxygen atoms in total. The molecule has 0 fully saturated rings. The molecular weight excluding hydrogens is 1840 g/mol. The molecule has 0 aliphatic heterocycles. The van der Waals surface area contributed by atoms with Crippen molar-refractivity contribution in [1.29, 1.82) is 0 Å². The van der Waals surface area contributed by atoms with E-state index >= 15 is 8.78 Å². The highest BCUT2D eigenvalue weighted by atomic mass is 32.1. The number of benzene rings is 9. The Kier molecular flexibility index (Phi) is 48.3. The molecule has 0 bridgehead atoms. The van der Waals surface area contributed by atoms with Crippen LogP contribution in [0.2, 0.25) is 0 Å². The second kappa shape index (κ2) is 62.0. The van der Waals surface area contributed by atoms with Gasteiger partial charge in [0.1, 0.15) is 68.3 Å². The molecule has 9 aromatic carbocycles. The van der Waals surface area contributed by atoms with E-state index in [0.29, 0.717) is 101 Å². The molecule has 25 heteroatoms. The van der Waals surface area contributed by atoms with Crippen LogP contribution in [0.4, 0.5) is 8.78 Å². The van der Waals surface area contributed by atoms with Crippen LogP contribution >= 0.6 is 35.2 Å². The summed E-state index contributed by atoms with van der Waals surface area (Å²) in [7, 11) is 0. The van der Waals surface area contributed by atoms with Crippen LogP contribution < -0.4 is 28.4 Å². The van der Waals surface area contributed by atoms with E-state index in [4.69, 9.17) is 56.8 Å². The number of aromatic nitrogens is 6. The van der Waals surface area contributed by atoms with E-state index in [2.05, 4.69) is 154 Å². The summed E-state index contributed by atoms with van der Waals surface area (Å²) in [6.07, 6.45) is 35.4. The predicted molar refractivity (Wildman–Crippen MR) is 571 cm³/mol. The van der Waals surface area contributed by atoms with Crippen LogP contribution in [0.1, 0.15) is 128 Å². The standard InChI is InChI=1S/C40H44N2O6S.C38H42F2N2O4S.C38H44N2O4S/c1-5-31(6-2)47-37(43)15-11-9-13-27-45-33-21-17-29(18-22-33)35-25-26-36(40-39(35)41-49-42-40)30-19-23-34(24-20-30)46-28-14-10-12-16-38(44)48-32(7-3)8-4;1-5-29(6-2)43-21-11-9-13-23-45-35-19-15-27(25-33(35)39)31-17-18-32(38-37(31)41-47-42-38)28-16-20-36(34(40)26-28)46-24-14-10-12-22-44-30(7-3)8-4;1-5-31(6-2)41-25-11-9-13-27-43-33-19-15-29(16-20-33)35-23-24-36(38-37(35)39-45-40-38)30-17-21-34(22-18-30)44-28-14-10-12-26-42-32(7-3)8-4/h5-8,17-26,31-32H,1-4,9-16,27-28H2;5-8,15-20,25-26,29-30H,1-4,9-14,21-24H2;5-8,15-24,31-32H,1-4,9-14,25-28H2. The average molecular weight is 1970 g/mol. The highest BCUT2D eigenvalue weighted by Gasteiger charge is 2.22. The number of carbonyl (C=O) groups is 2. The molecule has 0 spiro atoms. The number of rotatable bonds is 66. The van der Waals surface area contributed by atoms with Crippen molar-refractivity contribution in [2.45, 2.75) is 165 Å². The molecule has 3 heterocycles. The summed E-state index contributed by atoms with van der Waals surface area (Å²) in [5.41, 5.74) is 15.9. The first-order valence-corrected chi connectivity index (χ1v) is 50.2. The van der Waals surface area contributed by atoms with Gasteiger partial charge in [-0.25, -0.2) is 8.78 Å². The van der Waals surface area contributed by atoms with Gasteiger partial charge in [0.2, 0.25) is 0 Å². The number of hydrogen-bond acceptors (Lipinski definition) is 23. The van der Waals surface area contributed by atoms with Crippen molar-refractivity contribution in [3.63, 3.8) is 0 Å². The Bertz CT molecular complexity index is 5580. The molecule has 0 amide bonds. The van der Waals surface area contributed by atoms with Gasteiger partial charge in [0, 0.05) is 72.6 Å². The van der Waals surface area contributed by atoms with Crippen molar-refractivity contribution in [3.05, 3.63) is 333 Å². The van der Waals surface area contributed by atoms with Gasteiger partial charge in [0.25, 0.3) is 0 Å². The van der Waals surface area contributed by atoms with Crippen LogP contribution in [0.3, 0.4) is 0 Å². The molecule has 12 aromatic rings. The number of nitrogens with zero attached hydrogens (tertiary/aromatic N) is 6. The molecule has 0 saturated carbocycles. The lowest BCUT2D eigenvalue weighted by molar-refractivity contribution is -0.146. The molecule has 0 radical (unpaired) electrons. The highest BCUT2D eigenvalue weighted by molar-refractivity contribution is 7.00. The van der Waals surface area contributed by atoms with Crippen molar-refractivity contribution in [1.82, 2.24) is 26.2 Å². The van der Waals surface area contributed by atoms with Gasteiger partial charge in [-0.05, 0) is 246 Å². The fourth-order valence-electron chi connectivity index (χ4n) is 14.8. The van der Waals surface area contributed by atoms with Gasteiger partial charge in [-0.2, -0.15) is 26.2 Å². The first-order chi connectivity index (χ1) is 69.1. The summed E-state index contributed by atoms with van der Waals surface area (Å²) in [4.78, 5) is 23.7. The predicted octanol–water partition coefficient (Wildman–Crippen LogP) is 29.0. The zero-order chi connectivity index (χ0) is 100.0. The Morgan fingerprint density at radius 1 is 0.241 bits per heavy atom. The molecular formula is C116H130F2N6O14S3. The zero-order valence-corrected chi connectivity index (χ0v) is 83.1. The number of fused-ring (bicyclic) bond motifs is 3. The molecule has 0 saturated heterocycles. The van der Waals surface area contributed by atoms with Crippen LogP contribution in [0.25, 0.3) is 99.9 Å². The molecule has 740 valence electrons. The minimum Gasteiger partial charge on any atom is -0.494 e. The molecule has 0 aliphatic rings. The first kappa shape index (κ1) is 110. The lowest BCUT2D eigenvalue weighted by Crippen LogP contribution is -2.13. The molecule has 3 aromatic heterocycles. The molecule has 12 rings (SSSR count). The van der Waals surface area contributed by atoms with E-state index in [1.807, 2.05) is 97.1 Å². The average Bonchev–Trinajstić information content (AvgIpc) is 1.62. The van der Waals surface area contributed by atoms with E-state index in [1.54, 1.807) is 85.0 Å². The van der Waals surface area contributed by atoms with Crippen molar-refractivity contribution in [2.75, 3.05) is 66.1 Å². The quantitative estimate of drug-likeness (QED) is 0.0196. The van der Waals surface area contributed by atoms with Crippen LogP contribution in [0.15, 0.2) is 322 Å². The van der Waals surface area contributed by atoms with E-state index in [0.717, 1.165) is 228 Å². The number of carbonyl (C=O) groups excluding carboxylic acids is 2. The van der Waals surface area contributed by atoms with E-state index in [1.165, 1.54) is 35.6 Å². The maximum atomic E-state index is 15.0.